The molecule has 0 unspecified atom stereocenters. The Bertz CT molecular complexity index is 1370. The Kier molecular flexibility index (Phi) is 7.47. The van der Waals surface area contributed by atoms with E-state index in [1.165, 1.54) is 25.7 Å². The van der Waals surface area contributed by atoms with Crippen LogP contribution in [0.2, 0.25) is 0 Å². The molecule has 0 aliphatic carbocycles. The summed E-state index contributed by atoms with van der Waals surface area (Å²) in [6, 6.07) is 19.3. The average Bonchev–Trinajstić information content (AvgIpc) is 3.03. The van der Waals surface area contributed by atoms with Crippen molar-refractivity contribution in [1.29, 1.82) is 0 Å². The highest BCUT2D eigenvalue weighted by Gasteiger charge is 2.24. The van der Waals surface area contributed by atoms with Crippen LogP contribution in [-0.2, 0) is 6.54 Å². The van der Waals surface area contributed by atoms with Gasteiger partial charge in [0.05, 0.1) is 16.8 Å². The smallest absolute Gasteiger partial charge is 0.195 e. The number of likely N-dealkylation sites (tertiary alicyclic amines) is 1. The number of benzene rings is 3. The summed E-state index contributed by atoms with van der Waals surface area (Å²) in [6.07, 6.45) is 5.16. The number of ketones is 1. The van der Waals surface area contributed by atoms with Crippen LogP contribution in [0.4, 0.5) is 0 Å². The van der Waals surface area contributed by atoms with Crippen molar-refractivity contribution in [3.8, 4) is 28.5 Å². The monoisotopic (exact) mass is 498 g/mol. The zero-order valence-corrected chi connectivity index (χ0v) is 21.3. The Morgan fingerprint density at radius 2 is 1.54 bits per heavy atom. The van der Waals surface area contributed by atoms with Crippen molar-refractivity contribution in [1.82, 2.24) is 9.47 Å². The fourth-order valence-electron chi connectivity index (χ4n) is 5.31. The largest absolute Gasteiger partial charge is 0.508 e. The molecule has 192 valence electrons. The molecule has 3 aromatic carbocycles. The number of aryl methyl sites for hydroxylation is 1. The fourth-order valence-corrected chi connectivity index (χ4v) is 5.31. The molecule has 0 spiro atoms. The molecule has 2 N–H and O–H groups in total. The highest BCUT2D eigenvalue weighted by atomic mass is 16.5. The van der Waals surface area contributed by atoms with Gasteiger partial charge in [0.1, 0.15) is 23.9 Å². The maximum atomic E-state index is 13.9. The maximum absolute atomic E-state index is 13.9. The van der Waals surface area contributed by atoms with Crippen molar-refractivity contribution in [3.63, 3.8) is 0 Å². The normalized spacial score (nSPS) is 14.5. The summed E-state index contributed by atoms with van der Waals surface area (Å²) in [7, 11) is 0. The van der Waals surface area contributed by atoms with Gasteiger partial charge >= 0.3 is 0 Å². The van der Waals surface area contributed by atoms with Gasteiger partial charge < -0.3 is 19.5 Å². The first-order valence-corrected chi connectivity index (χ1v) is 13.2. The van der Waals surface area contributed by atoms with Gasteiger partial charge in [-0.05, 0) is 99.1 Å². The Morgan fingerprint density at radius 3 is 2.22 bits per heavy atom. The minimum atomic E-state index is -0.0953. The van der Waals surface area contributed by atoms with Crippen LogP contribution in [0.3, 0.4) is 0 Å². The third kappa shape index (κ3) is 5.35. The van der Waals surface area contributed by atoms with E-state index in [1.807, 2.05) is 47.9 Å². The molecule has 4 aromatic rings. The predicted molar refractivity (Wildman–Crippen MR) is 147 cm³/mol. The quantitative estimate of drug-likeness (QED) is 0.282. The Morgan fingerprint density at radius 1 is 0.865 bits per heavy atom. The van der Waals surface area contributed by atoms with E-state index in [0.29, 0.717) is 24.3 Å². The number of aromatic hydroxyl groups is 2. The molecule has 5 rings (SSSR count). The Balaban J connectivity index is 1.43. The zero-order valence-electron chi connectivity index (χ0n) is 21.3. The van der Waals surface area contributed by atoms with Crippen molar-refractivity contribution >= 4 is 16.7 Å². The number of rotatable bonds is 8. The van der Waals surface area contributed by atoms with Gasteiger partial charge in [0.25, 0.3) is 0 Å². The summed E-state index contributed by atoms with van der Waals surface area (Å²) < 4.78 is 8.03. The molecule has 0 bridgehead atoms. The third-order valence-corrected chi connectivity index (χ3v) is 7.22. The molecular formula is C31H34N2O4. The van der Waals surface area contributed by atoms with Crippen molar-refractivity contribution in [2.75, 3.05) is 26.2 Å². The van der Waals surface area contributed by atoms with Crippen LogP contribution in [0.25, 0.3) is 22.2 Å². The molecular weight excluding hydrogens is 464 g/mol. The number of carbonyl (C=O) groups excluding carboxylic acids is 1. The van der Waals surface area contributed by atoms with Gasteiger partial charge in [-0.1, -0.05) is 12.8 Å². The van der Waals surface area contributed by atoms with Gasteiger partial charge in [-0.25, -0.2) is 0 Å². The van der Waals surface area contributed by atoms with Gasteiger partial charge in [0.15, 0.2) is 5.78 Å². The van der Waals surface area contributed by atoms with Gasteiger partial charge in [-0.3, -0.25) is 9.69 Å². The van der Waals surface area contributed by atoms with E-state index in [-0.39, 0.29) is 17.3 Å². The molecule has 6 nitrogen and oxygen atoms in total. The molecule has 1 aliphatic heterocycles. The Labute approximate surface area is 217 Å². The van der Waals surface area contributed by atoms with Crippen LogP contribution in [0.1, 0.15) is 48.5 Å². The molecule has 6 heteroatoms. The SMILES string of the molecule is CCn1c(-c2ccc(O)cc2)c(C(=O)c2ccc(OCCN3CCCCCC3)cc2)c2ccc(O)cc21. The third-order valence-electron chi connectivity index (χ3n) is 7.22. The molecule has 1 saturated heterocycles. The van der Waals surface area contributed by atoms with E-state index < -0.39 is 0 Å². The number of nitrogens with zero attached hydrogens (tertiary/aromatic N) is 2. The first kappa shape index (κ1) is 24.9. The van der Waals surface area contributed by atoms with Gasteiger partial charge in [-0.15, -0.1) is 0 Å². The lowest BCUT2D eigenvalue weighted by molar-refractivity contribution is 0.104. The van der Waals surface area contributed by atoms with Crippen molar-refractivity contribution < 1.29 is 19.7 Å². The predicted octanol–water partition coefficient (Wildman–Crippen LogP) is 6.23. The summed E-state index contributed by atoms with van der Waals surface area (Å²) in [5.41, 5.74) is 3.54. The van der Waals surface area contributed by atoms with E-state index in [4.69, 9.17) is 4.74 Å². The number of ether oxygens (including phenoxy) is 1. The number of hydrogen-bond donors (Lipinski definition) is 2. The number of aromatic nitrogens is 1. The lowest BCUT2D eigenvalue weighted by Crippen LogP contribution is -2.29. The number of fused-ring (bicyclic) bond motifs is 1. The van der Waals surface area contributed by atoms with Crippen LogP contribution < -0.4 is 4.74 Å². The van der Waals surface area contributed by atoms with E-state index in [9.17, 15) is 15.0 Å². The second-order valence-corrected chi connectivity index (χ2v) is 9.67. The molecule has 0 radical (unpaired) electrons. The molecule has 0 atom stereocenters. The molecule has 0 saturated carbocycles. The van der Waals surface area contributed by atoms with Crippen molar-refractivity contribution in [2.45, 2.75) is 39.2 Å². The summed E-state index contributed by atoms with van der Waals surface area (Å²) in [6.45, 7) is 6.46. The standard InChI is InChI=1S/C31H34N2O4/c1-2-33-28-21-25(35)13-16-27(28)29(30(33)22-7-11-24(34)12-8-22)31(36)23-9-14-26(15-10-23)37-20-19-32-17-5-3-4-6-18-32/h7-16,21,34-35H,2-6,17-20H2,1H3. The molecule has 37 heavy (non-hydrogen) atoms. The van der Waals surface area contributed by atoms with Gasteiger partial charge in [0, 0.05) is 30.1 Å². The van der Waals surface area contributed by atoms with Crippen LogP contribution in [-0.4, -0.2) is 51.7 Å². The number of phenols is 2. The fraction of sp³-hybridized carbons (Fsp3) is 0.323. The zero-order chi connectivity index (χ0) is 25.8. The Hall–Kier alpha value is -3.77. The number of phenolic OH excluding ortho intramolecular Hbond substituents is 2. The van der Waals surface area contributed by atoms with Crippen LogP contribution >= 0.6 is 0 Å². The van der Waals surface area contributed by atoms with Gasteiger partial charge in [-0.2, -0.15) is 0 Å². The highest BCUT2D eigenvalue weighted by molar-refractivity contribution is 6.20. The lowest BCUT2D eigenvalue weighted by atomic mass is 9.97. The minimum absolute atomic E-state index is 0.0953. The summed E-state index contributed by atoms with van der Waals surface area (Å²) >= 11 is 0. The summed E-state index contributed by atoms with van der Waals surface area (Å²) in [5, 5.41) is 20.8. The molecule has 1 aliphatic rings. The minimum Gasteiger partial charge on any atom is -0.508 e. The van der Waals surface area contributed by atoms with Crippen LogP contribution in [0.5, 0.6) is 17.2 Å². The highest BCUT2D eigenvalue weighted by Crippen LogP contribution is 2.37. The lowest BCUT2D eigenvalue weighted by Gasteiger charge is -2.19. The van der Waals surface area contributed by atoms with E-state index in [1.54, 1.807) is 30.3 Å². The first-order valence-electron chi connectivity index (χ1n) is 13.2. The summed E-state index contributed by atoms with van der Waals surface area (Å²) in [5.74, 6) is 0.977. The van der Waals surface area contributed by atoms with E-state index in [2.05, 4.69) is 4.90 Å². The van der Waals surface area contributed by atoms with E-state index >= 15 is 0 Å². The maximum Gasteiger partial charge on any atom is 0.195 e. The summed E-state index contributed by atoms with van der Waals surface area (Å²) in [4.78, 5) is 16.4. The second kappa shape index (κ2) is 11.1. The molecule has 0 amide bonds. The molecule has 2 heterocycles. The van der Waals surface area contributed by atoms with Crippen molar-refractivity contribution in [2.24, 2.45) is 0 Å². The molecule has 1 aromatic heterocycles. The topological polar surface area (TPSA) is 74.9 Å². The van der Waals surface area contributed by atoms with Gasteiger partial charge in [0.2, 0.25) is 0 Å². The first-order chi connectivity index (χ1) is 18.0. The molecule has 1 fully saturated rings. The van der Waals surface area contributed by atoms with E-state index in [0.717, 1.165) is 47.5 Å². The van der Waals surface area contributed by atoms with Crippen LogP contribution in [0, 0.1) is 0 Å². The van der Waals surface area contributed by atoms with Crippen LogP contribution in [0.15, 0.2) is 66.7 Å². The second-order valence-electron chi connectivity index (χ2n) is 9.67. The average molecular weight is 499 g/mol. The number of carbonyl (C=O) groups is 1. The number of hydrogen-bond acceptors (Lipinski definition) is 5. The van der Waals surface area contributed by atoms with Crippen molar-refractivity contribution in [3.05, 3.63) is 77.9 Å².